The highest BCUT2D eigenvalue weighted by Crippen LogP contribution is 2.38. The number of halogens is 1. The second kappa shape index (κ2) is 8.19. The van der Waals surface area contributed by atoms with Gasteiger partial charge < -0.3 is 15.2 Å². The maximum absolute atomic E-state index is 11.8. The summed E-state index contributed by atoms with van der Waals surface area (Å²) >= 11 is 7.59. The number of amides is 1. The van der Waals surface area contributed by atoms with Crippen LogP contribution in [-0.2, 0) is 11.4 Å². The van der Waals surface area contributed by atoms with E-state index in [0.717, 1.165) is 28.1 Å². The van der Waals surface area contributed by atoms with E-state index in [9.17, 15) is 4.79 Å². The summed E-state index contributed by atoms with van der Waals surface area (Å²) in [5.41, 5.74) is 7.34. The minimum Gasteiger partial charge on any atom is -0.493 e. The summed E-state index contributed by atoms with van der Waals surface area (Å²) < 4.78 is 11.5. The monoisotopic (exact) mass is 424 g/mol. The van der Waals surface area contributed by atoms with Crippen LogP contribution in [0.4, 0.5) is 0 Å². The van der Waals surface area contributed by atoms with E-state index < -0.39 is 0 Å². The van der Waals surface area contributed by atoms with E-state index in [-0.39, 0.29) is 11.1 Å². The minimum absolute atomic E-state index is 0.231. The van der Waals surface area contributed by atoms with Crippen molar-refractivity contribution in [2.75, 3.05) is 7.11 Å². The van der Waals surface area contributed by atoms with E-state index in [0.29, 0.717) is 33.6 Å². The van der Waals surface area contributed by atoms with Crippen LogP contribution in [0.2, 0.25) is 5.02 Å². The van der Waals surface area contributed by atoms with Gasteiger partial charge in [-0.2, -0.15) is 4.99 Å². The molecule has 1 amide bonds. The molecule has 0 unspecified atom stereocenters. The molecule has 29 heavy (non-hydrogen) atoms. The van der Waals surface area contributed by atoms with Crippen molar-refractivity contribution >= 4 is 51.3 Å². The average molecular weight is 425 g/mol. The molecule has 0 bridgehead atoms. The number of hydrogen-bond acceptors (Lipinski definition) is 5. The van der Waals surface area contributed by atoms with Crippen LogP contribution in [0.25, 0.3) is 16.8 Å². The molecule has 5 nitrogen and oxygen atoms in total. The van der Waals surface area contributed by atoms with Crippen LogP contribution in [-0.4, -0.2) is 18.2 Å². The Balaban J connectivity index is 1.61. The largest absolute Gasteiger partial charge is 0.493 e. The van der Waals surface area contributed by atoms with Gasteiger partial charge in [0.2, 0.25) is 0 Å². The van der Waals surface area contributed by atoms with Gasteiger partial charge in [0.05, 0.1) is 17.0 Å². The Bertz CT molecular complexity index is 1170. The third kappa shape index (κ3) is 4.09. The summed E-state index contributed by atoms with van der Waals surface area (Å²) in [5, 5.41) is 2.89. The van der Waals surface area contributed by atoms with Gasteiger partial charge >= 0.3 is 0 Å². The molecule has 1 aliphatic heterocycles. The topological polar surface area (TPSA) is 73.9 Å². The van der Waals surface area contributed by atoms with E-state index in [4.69, 9.17) is 26.8 Å². The molecule has 1 aliphatic rings. The number of nitrogens with zero attached hydrogens (tertiary/aromatic N) is 1. The summed E-state index contributed by atoms with van der Waals surface area (Å²) in [6, 6.07) is 17.7. The third-order valence-corrected chi connectivity index (χ3v) is 5.53. The zero-order chi connectivity index (χ0) is 20.4. The summed E-state index contributed by atoms with van der Waals surface area (Å²) in [6.07, 6.45) is 1.68. The number of benzene rings is 3. The summed E-state index contributed by atoms with van der Waals surface area (Å²) in [5.74, 6) is 0.568. The van der Waals surface area contributed by atoms with E-state index in [1.54, 1.807) is 25.3 Å². The fourth-order valence-electron chi connectivity index (χ4n) is 3.11. The van der Waals surface area contributed by atoms with Crippen LogP contribution >= 0.6 is 23.4 Å². The van der Waals surface area contributed by atoms with E-state index in [1.807, 2.05) is 24.3 Å². The second-order valence-electron chi connectivity index (χ2n) is 6.33. The summed E-state index contributed by atoms with van der Waals surface area (Å²) in [6.45, 7) is 0.344. The molecule has 0 atom stereocenters. The predicted octanol–water partition coefficient (Wildman–Crippen LogP) is 5.01. The van der Waals surface area contributed by atoms with E-state index in [2.05, 4.69) is 23.2 Å². The first-order valence-corrected chi connectivity index (χ1v) is 9.99. The van der Waals surface area contributed by atoms with Crippen LogP contribution < -0.4 is 15.2 Å². The Morgan fingerprint density at radius 2 is 1.97 bits per heavy atom. The van der Waals surface area contributed by atoms with Crippen LogP contribution in [0.1, 0.15) is 11.1 Å². The minimum atomic E-state index is -0.362. The zero-order valence-corrected chi connectivity index (χ0v) is 17.1. The Morgan fingerprint density at radius 3 is 2.72 bits per heavy atom. The highest BCUT2D eigenvalue weighted by atomic mass is 35.5. The van der Waals surface area contributed by atoms with Crippen molar-refractivity contribution in [3.05, 3.63) is 75.7 Å². The van der Waals surface area contributed by atoms with Gasteiger partial charge in [-0.05, 0) is 51.9 Å². The number of nitrogens with two attached hydrogens (primary N) is 1. The van der Waals surface area contributed by atoms with E-state index in [1.165, 1.54) is 0 Å². The fourth-order valence-corrected chi connectivity index (χ4v) is 4.06. The Labute approximate surface area is 177 Å². The Kier molecular flexibility index (Phi) is 5.47. The van der Waals surface area contributed by atoms with Crippen molar-refractivity contribution in [1.82, 2.24) is 0 Å². The standard InChI is InChI=1S/C22H17ClN2O3S/c1-27-18-10-13(11-19-21(26)25-22(24)29-19)9-17(23)20(18)28-12-15-7-4-6-14-5-2-3-8-16(14)15/h2-11H,12H2,1H3,(H2,24,25,26)/b19-11-. The lowest BCUT2D eigenvalue weighted by Gasteiger charge is -2.14. The van der Waals surface area contributed by atoms with Crippen molar-refractivity contribution in [1.29, 1.82) is 0 Å². The number of aliphatic imine (C=N–C) groups is 1. The molecule has 146 valence electrons. The number of ether oxygens (including phenoxy) is 2. The summed E-state index contributed by atoms with van der Waals surface area (Å²) in [4.78, 5) is 15.9. The molecule has 2 N–H and O–H groups in total. The van der Waals surface area contributed by atoms with Gasteiger partial charge in [-0.25, -0.2) is 0 Å². The van der Waals surface area contributed by atoms with Crippen LogP contribution in [0.5, 0.6) is 11.5 Å². The number of methoxy groups -OCH3 is 1. The number of carbonyl (C=O) groups excluding carboxylic acids is 1. The molecule has 0 aromatic heterocycles. The molecule has 0 radical (unpaired) electrons. The van der Waals surface area contributed by atoms with Crippen molar-refractivity contribution in [3.8, 4) is 11.5 Å². The molecule has 0 saturated carbocycles. The third-order valence-electron chi connectivity index (χ3n) is 4.44. The molecule has 3 aromatic carbocycles. The molecule has 1 heterocycles. The van der Waals surface area contributed by atoms with Crippen molar-refractivity contribution in [2.45, 2.75) is 6.61 Å². The lowest BCUT2D eigenvalue weighted by atomic mass is 10.1. The van der Waals surface area contributed by atoms with Crippen LogP contribution in [0.15, 0.2) is 64.5 Å². The molecule has 0 fully saturated rings. The Hall–Kier alpha value is -2.96. The van der Waals surface area contributed by atoms with Gasteiger partial charge in [0.1, 0.15) is 6.61 Å². The number of rotatable bonds is 5. The Morgan fingerprint density at radius 1 is 1.17 bits per heavy atom. The van der Waals surface area contributed by atoms with E-state index >= 15 is 0 Å². The molecular weight excluding hydrogens is 408 g/mol. The maximum Gasteiger partial charge on any atom is 0.286 e. The molecule has 3 aromatic rings. The number of fused-ring (bicyclic) bond motifs is 1. The SMILES string of the molecule is COc1cc(/C=C2\SC(N)=NC2=O)cc(Cl)c1OCc1cccc2ccccc12. The highest BCUT2D eigenvalue weighted by molar-refractivity contribution is 8.18. The number of thioether (sulfide) groups is 1. The van der Waals surface area contributed by atoms with Crippen molar-refractivity contribution in [2.24, 2.45) is 10.7 Å². The first kappa shape index (κ1) is 19.4. The average Bonchev–Trinajstić information content (AvgIpc) is 3.03. The first-order valence-electron chi connectivity index (χ1n) is 8.80. The van der Waals surface area contributed by atoms with Gasteiger partial charge in [-0.1, -0.05) is 54.1 Å². The van der Waals surface area contributed by atoms with Gasteiger partial charge in [0.15, 0.2) is 16.7 Å². The second-order valence-corrected chi connectivity index (χ2v) is 7.80. The zero-order valence-electron chi connectivity index (χ0n) is 15.5. The fraction of sp³-hybridized carbons (Fsp3) is 0.0909. The lowest BCUT2D eigenvalue weighted by Crippen LogP contribution is -2.01. The molecular formula is C22H17ClN2O3S. The van der Waals surface area contributed by atoms with Crippen LogP contribution in [0, 0.1) is 0 Å². The number of hydrogen-bond donors (Lipinski definition) is 1. The number of amidine groups is 1. The molecule has 4 rings (SSSR count). The lowest BCUT2D eigenvalue weighted by molar-refractivity contribution is -0.113. The molecule has 0 saturated heterocycles. The van der Waals surface area contributed by atoms with Gasteiger partial charge in [0.25, 0.3) is 5.91 Å². The molecule has 7 heteroatoms. The molecule has 0 spiro atoms. The van der Waals surface area contributed by atoms with Crippen molar-refractivity contribution in [3.63, 3.8) is 0 Å². The maximum atomic E-state index is 11.8. The van der Waals surface area contributed by atoms with Gasteiger partial charge in [-0.15, -0.1) is 0 Å². The number of carbonyl (C=O) groups is 1. The quantitative estimate of drug-likeness (QED) is 0.583. The molecule has 0 aliphatic carbocycles. The smallest absolute Gasteiger partial charge is 0.286 e. The first-order chi connectivity index (χ1) is 14.0. The summed E-state index contributed by atoms with van der Waals surface area (Å²) in [7, 11) is 1.55. The van der Waals surface area contributed by atoms with Gasteiger partial charge in [-0.3, -0.25) is 4.79 Å². The van der Waals surface area contributed by atoms with Crippen LogP contribution in [0.3, 0.4) is 0 Å². The van der Waals surface area contributed by atoms with Crippen molar-refractivity contribution < 1.29 is 14.3 Å². The predicted molar refractivity (Wildman–Crippen MR) is 118 cm³/mol. The highest BCUT2D eigenvalue weighted by Gasteiger charge is 2.20. The van der Waals surface area contributed by atoms with Gasteiger partial charge in [0, 0.05) is 0 Å². The normalized spacial score (nSPS) is 15.0.